The Hall–Kier alpha value is -1.64. The Labute approximate surface area is 123 Å². The smallest absolute Gasteiger partial charge is 0.201 e. The van der Waals surface area contributed by atoms with Crippen molar-refractivity contribution in [2.24, 2.45) is 7.05 Å². The van der Waals surface area contributed by atoms with Crippen molar-refractivity contribution in [2.75, 3.05) is 5.73 Å². The highest BCUT2D eigenvalue weighted by Gasteiger charge is 2.19. The van der Waals surface area contributed by atoms with E-state index in [1.807, 2.05) is 41.3 Å². The van der Waals surface area contributed by atoms with Gasteiger partial charge in [0, 0.05) is 10.6 Å². The Morgan fingerprint density at radius 2 is 2.16 bits per heavy atom. The minimum atomic E-state index is -0.0161. The van der Waals surface area contributed by atoms with Gasteiger partial charge in [0.2, 0.25) is 5.95 Å². The summed E-state index contributed by atoms with van der Waals surface area (Å²) in [5.74, 6) is 1.34. The van der Waals surface area contributed by atoms with Gasteiger partial charge in [-0.15, -0.1) is 10.2 Å². The predicted octanol–water partition coefficient (Wildman–Crippen LogP) is 1.96. The van der Waals surface area contributed by atoms with Crippen LogP contribution in [-0.4, -0.2) is 24.3 Å². The van der Waals surface area contributed by atoms with Crippen LogP contribution in [0.5, 0.6) is 0 Å². The number of fused-ring (bicyclic) bond motifs is 1. The number of rotatable bonds is 2. The van der Waals surface area contributed by atoms with Crippen molar-refractivity contribution in [1.29, 1.82) is 0 Å². The lowest BCUT2D eigenvalue weighted by atomic mass is 10.2. The lowest BCUT2D eigenvalue weighted by Crippen LogP contribution is -2.14. The standard InChI is InChI=1S/C12H13IN6/c1-7(11-17-15-6-18(11)2)19-10-4-3-8(13)5-9(10)16-12(19)14/h3-7H,1-2H3,(H2,14,16). The van der Waals surface area contributed by atoms with Crippen LogP contribution in [0.15, 0.2) is 24.5 Å². The van der Waals surface area contributed by atoms with Gasteiger partial charge in [0.15, 0.2) is 5.82 Å². The van der Waals surface area contributed by atoms with Gasteiger partial charge in [-0.2, -0.15) is 0 Å². The molecule has 0 aliphatic carbocycles. The van der Waals surface area contributed by atoms with Gasteiger partial charge in [0.1, 0.15) is 6.33 Å². The molecule has 2 N–H and O–H groups in total. The van der Waals surface area contributed by atoms with Crippen LogP contribution in [0.25, 0.3) is 11.0 Å². The number of halogens is 1. The van der Waals surface area contributed by atoms with Crippen LogP contribution in [0, 0.1) is 3.57 Å². The molecule has 0 radical (unpaired) electrons. The number of anilines is 1. The maximum atomic E-state index is 6.05. The molecular formula is C12H13IN6. The lowest BCUT2D eigenvalue weighted by molar-refractivity contribution is 0.594. The second kappa shape index (κ2) is 4.48. The van der Waals surface area contributed by atoms with Gasteiger partial charge in [0.05, 0.1) is 17.1 Å². The Bertz CT molecular complexity index is 744. The minimum absolute atomic E-state index is 0.0161. The molecule has 0 spiro atoms. The topological polar surface area (TPSA) is 74.5 Å². The molecule has 0 saturated heterocycles. The van der Waals surface area contributed by atoms with Gasteiger partial charge in [-0.1, -0.05) is 0 Å². The van der Waals surface area contributed by atoms with E-state index in [1.54, 1.807) is 6.33 Å². The fourth-order valence-corrected chi connectivity index (χ4v) is 2.76. The predicted molar refractivity (Wildman–Crippen MR) is 81.7 cm³/mol. The Morgan fingerprint density at radius 3 is 2.84 bits per heavy atom. The number of nitrogens with zero attached hydrogens (tertiary/aromatic N) is 5. The second-order valence-corrected chi connectivity index (χ2v) is 5.69. The van der Waals surface area contributed by atoms with Gasteiger partial charge in [-0.25, -0.2) is 4.98 Å². The van der Waals surface area contributed by atoms with Gasteiger partial charge >= 0.3 is 0 Å². The van der Waals surface area contributed by atoms with E-state index < -0.39 is 0 Å². The fraction of sp³-hybridized carbons (Fsp3) is 0.250. The van der Waals surface area contributed by atoms with Crippen LogP contribution in [0.2, 0.25) is 0 Å². The molecule has 0 aliphatic rings. The molecule has 0 amide bonds. The molecule has 2 aromatic heterocycles. The maximum absolute atomic E-state index is 6.05. The summed E-state index contributed by atoms with van der Waals surface area (Å²) in [6, 6.07) is 6.08. The number of hydrogen-bond donors (Lipinski definition) is 1. The van der Waals surface area contributed by atoms with Crippen molar-refractivity contribution < 1.29 is 0 Å². The molecule has 19 heavy (non-hydrogen) atoms. The van der Waals surface area contributed by atoms with Crippen LogP contribution in [0.3, 0.4) is 0 Å². The number of aromatic nitrogens is 5. The summed E-state index contributed by atoms with van der Waals surface area (Å²) in [6.45, 7) is 2.04. The number of nitrogens with two attached hydrogens (primary N) is 1. The van der Waals surface area contributed by atoms with E-state index in [4.69, 9.17) is 5.73 Å². The van der Waals surface area contributed by atoms with Crippen molar-refractivity contribution >= 4 is 39.6 Å². The first kappa shape index (κ1) is 12.4. The molecule has 7 heteroatoms. The summed E-state index contributed by atoms with van der Waals surface area (Å²) in [5.41, 5.74) is 7.96. The zero-order valence-corrected chi connectivity index (χ0v) is 12.7. The van der Waals surface area contributed by atoms with E-state index in [-0.39, 0.29) is 6.04 Å². The van der Waals surface area contributed by atoms with Crippen LogP contribution in [0.4, 0.5) is 5.95 Å². The first-order valence-corrected chi connectivity index (χ1v) is 6.92. The Balaban J connectivity index is 2.20. The minimum Gasteiger partial charge on any atom is -0.369 e. The first-order chi connectivity index (χ1) is 9.08. The summed E-state index contributed by atoms with van der Waals surface area (Å²) in [7, 11) is 1.92. The molecule has 2 heterocycles. The fourth-order valence-electron chi connectivity index (χ4n) is 2.28. The quantitative estimate of drug-likeness (QED) is 0.702. The number of hydrogen-bond acceptors (Lipinski definition) is 4. The van der Waals surface area contributed by atoms with Gasteiger partial charge in [-0.3, -0.25) is 4.57 Å². The summed E-state index contributed by atoms with van der Waals surface area (Å²) < 4.78 is 5.01. The molecule has 3 aromatic rings. The summed E-state index contributed by atoms with van der Waals surface area (Å²) in [6.07, 6.45) is 1.68. The molecule has 1 aromatic carbocycles. The van der Waals surface area contributed by atoms with Crippen LogP contribution in [-0.2, 0) is 7.05 Å². The number of nitrogen functional groups attached to an aromatic ring is 1. The normalized spacial score (nSPS) is 13.0. The Morgan fingerprint density at radius 1 is 1.37 bits per heavy atom. The van der Waals surface area contributed by atoms with E-state index in [0.717, 1.165) is 20.4 Å². The number of imidazole rings is 1. The van der Waals surface area contributed by atoms with Crippen molar-refractivity contribution in [2.45, 2.75) is 13.0 Å². The molecule has 1 unspecified atom stereocenters. The molecule has 0 fully saturated rings. The van der Waals surface area contributed by atoms with Gasteiger partial charge in [0.25, 0.3) is 0 Å². The molecule has 0 aliphatic heterocycles. The van der Waals surface area contributed by atoms with E-state index in [9.17, 15) is 0 Å². The molecule has 3 rings (SSSR count). The van der Waals surface area contributed by atoms with E-state index in [1.165, 1.54) is 0 Å². The molecule has 98 valence electrons. The number of aryl methyl sites for hydroxylation is 1. The van der Waals surface area contributed by atoms with E-state index >= 15 is 0 Å². The highest BCUT2D eigenvalue weighted by molar-refractivity contribution is 14.1. The third kappa shape index (κ3) is 1.97. The Kier molecular flexibility index (Phi) is 2.92. The second-order valence-electron chi connectivity index (χ2n) is 4.45. The monoisotopic (exact) mass is 368 g/mol. The maximum Gasteiger partial charge on any atom is 0.201 e. The molecule has 0 saturated carbocycles. The summed E-state index contributed by atoms with van der Waals surface area (Å²) in [5, 5.41) is 8.06. The highest BCUT2D eigenvalue weighted by atomic mass is 127. The SMILES string of the molecule is CC(c1nncn1C)n1c(N)nc2cc(I)ccc21. The third-order valence-electron chi connectivity index (χ3n) is 3.19. The first-order valence-electron chi connectivity index (χ1n) is 5.85. The van der Waals surface area contributed by atoms with Crippen molar-refractivity contribution in [3.05, 3.63) is 33.9 Å². The average Bonchev–Trinajstić information content (AvgIpc) is 2.90. The highest BCUT2D eigenvalue weighted by Crippen LogP contribution is 2.26. The average molecular weight is 368 g/mol. The molecule has 1 atom stereocenters. The van der Waals surface area contributed by atoms with Crippen molar-refractivity contribution in [3.8, 4) is 0 Å². The van der Waals surface area contributed by atoms with E-state index in [2.05, 4.69) is 37.8 Å². The molecule has 6 nitrogen and oxygen atoms in total. The zero-order valence-electron chi connectivity index (χ0n) is 10.6. The van der Waals surface area contributed by atoms with E-state index in [0.29, 0.717) is 5.95 Å². The lowest BCUT2D eigenvalue weighted by Gasteiger charge is -2.14. The molecule has 0 bridgehead atoms. The van der Waals surface area contributed by atoms with Crippen LogP contribution < -0.4 is 5.73 Å². The van der Waals surface area contributed by atoms with Crippen LogP contribution >= 0.6 is 22.6 Å². The third-order valence-corrected chi connectivity index (χ3v) is 3.86. The van der Waals surface area contributed by atoms with Crippen molar-refractivity contribution in [1.82, 2.24) is 24.3 Å². The zero-order chi connectivity index (χ0) is 13.6. The summed E-state index contributed by atoms with van der Waals surface area (Å²) in [4.78, 5) is 4.41. The van der Waals surface area contributed by atoms with Gasteiger partial charge in [-0.05, 0) is 47.7 Å². The van der Waals surface area contributed by atoms with Gasteiger partial charge < -0.3 is 10.3 Å². The largest absolute Gasteiger partial charge is 0.369 e. The number of benzene rings is 1. The summed E-state index contributed by atoms with van der Waals surface area (Å²) >= 11 is 2.27. The van der Waals surface area contributed by atoms with Crippen LogP contribution in [0.1, 0.15) is 18.8 Å². The molecular weight excluding hydrogens is 355 g/mol. The van der Waals surface area contributed by atoms with Crippen molar-refractivity contribution in [3.63, 3.8) is 0 Å².